The minimum atomic E-state index is -0.948. The Morgan fingerprint density at radius 1 is 0.956 bits per heavy atom. The summed E-state index contributed by atoms with van der Waals surface area (Å²) in [6.07, 6.45) is 0.450. The van der Waals surface area contributed by atoms with E-state index < -0.39 is 30.0 Å². The molecular formula is C34H37ClN4O6. The van der Waals surface area contributed by atoms with Crippen molar-refractivity contribution in [2.75, 3.05) is 11.9 Å². The molecule has 0 aromatic heterocycles. The highest BCUT2D eigenvalue weighted by molar-refractivity contribution is 6.31. The Morgan fingerprint density at radius 2 is 1.67 bits per heavy atom. The first-order valence-electron chi connectivity index (χ1n) is 14.9. The Bertz CT molecular complexity index is 1550. The number of aryl methyl sites for hydroxylation is 1. The summed E-state index contributed by atoms with van der Waals surface area (Å²) in [6.45, 7) is 2.10. The van der Waals surface area contributed by atoms with Crippen molar-refractivity contribution >= 4 is 46.9 Å². The van der Waals surface area contributed by atoms with Crippen LogP contribution in [0.15, 0.2) is 72.8 Å². The van der Waals surface area contributed by atoms with E-state index in [1.807, 2.05) is 37.3 Å². The zero-order valence-corrected chi connectivity index (χ0v) is 25.8. The largest absolute Gasteiger partial charge is 0.450 e. The highest BCUT2D eigenvalue weighted by Crippen LogP contribution is 2.25. The number of ether oxygens (including phenoxy) is 1. The van der Waals surface area contributed by atoms with Crippen LogP contribution < -0.4 is 16.4 Å². The number of anilines is 1. The number of nitrogens with zero attached hydrogens (tertiary/aromatic N) is 1. The predicted octanol–water partition coefficient (Wildman–Crippen LogP) is 4.95. The molecule has 0 radical (unpaired) electrons. The first kappa shape index (κ1) is 33.2. The Hall–Kier alpha value is -4.70. The Balaban J connectivity index is 1.50. The number of Topliss-reactive ketones (excluding diaryl/α,β-unsaturated/α-hetero) is 1. The van der Waals surface area contributed by atoms with Gasteiger partial charge in [-0.2, -0.15) is 0 Å². The third-order valence-electron chi connectivity index (χ3n) is 7.72. The van der Waals surface area contributed by atoms with Crippen LogP contribution in [0.5, 0.6) is 0 Å². The normalized spacial score (nSPS) is 14.5. The fraction of sp³-hybridized carbons (Fsp3) is 0.324. The number of fused-ring (bicyclic) bond motifs is 1. The van der Waals surface area contributed by atoms with Crippen molar-refractivity contribution in [1.82, 2.24) is 10.2 Å². The van der Waals surface area contributed by atoms with Gasteiger partial charge in [-0.3, -0.25) is 19.2 Å². The topological polar surface area (TPSA) is 148 Å². The SMILES string of the molecule is Cc1cc(NC(=O)C(CCCCOC(N)=O)NC(=O)C2Cc3ccccc3CN2C(=O)CCC(=O)c2ccccc2)ccc1Cl. The van der Waals surface area contributed by atoms with Gasteiger partial charge in [-0.15, -0.1) is 0 Å². The quantitative estimate of drug-likeness (QED) is 0.179. The molecule has 0 saturated carbocycles. The molecule has 2 atom stereocenters. The van der Waals surface area contributed by atoms with Gasteiger partial charge >= 0.3 is 6.09 Å². The average Bonchev–Trinajstić information content (AvgIpc) is 3.04. The number of nitrogens with one attached hydrogen (secondary N) is 2. The highest BCUT2D eigenvalue weighted by Gasteiger charge is 2.36. The summed E-state index contributed by atoms with van der Waals surface area (Å²) in [7, 11) is 0. The first-order chi connectivity index (χ1) is 21.6. The van der Waals surface area contributed by atoms with Gasteiger partial charge in [-0.05, 0) is 61.1 Å². The maximum Gasteiger partial charge on any atom is 0.404 e. The number of hydrogen-bond donors (Lipinski definition) is 3. The second-order valence-corrected chi connectivity index (χ2v) is 11.4. The van der Waals surface area contributed by atoms with Gasteiger partial charge in [0.1, 0.15) is 12.1 Å². The lowest BCUT2D eigenvalue weighted by atomic mass is 9.92. The van der Waals surface area contributed by atoms with E-state index in [-0.39, 0.29) is 50.5 Å². The third-order valence-corrected chi connectivity index (χ3v) is 8.15. The minimum Gasteiger partial charge on any atom is -0.450 e. The molecule has 2 unspecified atom stereocenters. The fourth-order valence-corrected chi connectivity index (χ4v) is 5.38. The first-order valence-corrected chi connectivity index (χ1v) is 15.2. The van der Waals surface area contributed by atoms with Gasteiger partial charge < -0.3 is 26.0 Å². The Kier molecular flexibility index (Phi) is 11.7. The molecular weight excluding hydrogens is 596 g/mol. The number of unbranched alkanes of at least 4 members (excludes halogenated alkanes) is 1. The maximum absolute atomic E-state index is 13.9. The summed E-state index contributed by atoms with van der Waals surface area (Å²) in [5.74, 6) is -1.40. The van der Waals surface area contributed by atoms with Gasteiger partial charge in [0.15, 0.2) is 5.78 Å². The van der Waals surface area contributed by atoms with Crippen molar-refractivity contribution in [1.29, 1.82) is 0 Å². The molecule has 0 bridgehead atoms. The maximum atomic E-state index is 13.9. The van der Waals surface area contributed by atoms with E-state index in [9.17, 15) is 24.0 Å². The monoisotopic (exact) mass is 632 g/mol. The van der Waals surface area contributed by atoms with Crippen molar-refractivity contribution in [2.24, 2.45) is 5.73 Å². The molecule has 11 heteroatoms. The minimum absolute atomic E-state index is 0.00818. The summed E-state index contributed by atoms with van der Waals surface area (Å²) < 4.78 is 4.79. The van der Waals surface area contributed by atoms with E-state index in [1.54, 1.807) is 42.5 Å². The lowest BCUT2D eigenvalue weighted by Crippen LogP contribution is -2.56. The van der Waals surface area contributed by atoms with Crippen molar-refractivity contribution in [2.45, 2.75) is 64.1 Å². The lowest BCUT2D eigenvalue weighted by Gasteiger charge is -2.37. The summed E-state index contributed by atoms with van der Waals surface area (Å²) in [6, 6.07) is 19.6. The van der Waals surface area contributed by atoms with E-state index in [0.717, 1.165) is 16.7 Å². The van der Waals surface area contributed by atoms with E-state index in [2.05, 4.69) is 10.6 Å². The smallest absolute Gasteiger partial charge is 0.404 e. The molecule has 4 N–H and O–H groups in total. The van der Waals surface area contributed by atoms with Crippen LogP contribution in [-0.2, 0) is 32.1 Å². The number of ketones is 1. The second kappa shape index (κ2) is 15.9. The molecule has 4 rings (SSSR count). The van der Waals surface area contributed by atoms with E-state index in [1.165, 1.54) is 4.90 Å². The van der Waals surface area contributed by atoms with E-state index >= 15 is 0 Å². The summed E-state index contributed by atoms with van der Waals surface area (Å²) in [5, 5.41) is 6.26. The molecule has 1 heterocycles. The van der Waals surface area contributed by atoms with Crippen molar-refractivity contribution in [3.8, 4) is 0 Å². The van der Waals surface area contributed by atoms with Crippen molar-refractivity contribution in [3.63, 3.8) is 0 Å². The molecule has 0 fully saturated rings. The molecule has 1 aliphatic rings. The van der Waals surface area contributed by atoms with Crippen LogP contribution in [0.3, 0.4) is 0 Å². The summed E-state index contributed by atoms with van der Waals surface area (Å²) in [4.78, 5) is 66.0. The number of halogens is 1. The standard InChI is InChI=1S/C34H37ClN4O6/c1-22-19-26(14-15-27(22)35)37-32(42)28(13-7-8-18-45-34(36)44)38-33(43)29-20-24-11-5-6-12-25(24)21-39(29)31(41)17-16-30(40)23-9-3-2-4-10-23/h2-6,9-12,14-15,19,28-29H,7-8,13,16-18,20-21H2,1H3,(H2,36,44)(H,37,42)(H,38,43). The van der Waals surface area contributed by atoms with Crippen LogP contribution in [0.2, 0.25) is 5.02 Å². The van der Waals surface area contributed by atoms with Gasteiger partial charge in [0.25, 0.3) is 0 Å². The Labute approximate surface area is 267 Å². The van der Waals surface area contributed by atoms with Crippen LogP contribution in [-0.4, -0.2) is 53.2 Å². The highest BCUT2D eigenvalue weighted by atomic mass is 35.5. The van der Waals surface area contributed by atoms with E-state index in [4.69, 9.17) is 22.1 Å². The molecule has 3 aromatic carbocycles. The van der Waals surface area contributed by atoms with Crippen LogP contribution in [0.25, 0.3) is 0 Å². The van der Waals surface area contributed by atoms with Crippen molar-refractivity contribution < 1.29 is 28.7 Å². The number of rotatable bonds is 13. The van der Waals surface area contributed by atoms with E-state index in [0.29, 0.717) is 29.1 Å². The van der Waals surface area contributed by atoms with Gasteiger partial charge in [0, 0.05) is 42.1 Å². The van der Waals surface area contributed by atoms with Gasteiger partial charge in [0.05, 0.1) is 6.61 Å². The zero-order valence-electron chi connectivity index (χ0n) is 25.1. The van der Waals surface area contributed by atoms with Crippen LogP contribution in [0, 0.1) is 6.92 Å². The second-order valence-electron chi connectivity index (χ2n) is 11.0. The molecule has 45 heavy (non-hydrogen) atoms. The number of nitrogens with two attached hydrogens (primary N) is 1. The third kappa shape index (κ3) is 9.39. The number of benzene rings is 3. The Morgan fingerprint density at radius 3 is 2.38 bits per heavy atom. The molecule has 1 aliphatic heterocycles. The van der Waals surface area contributed by atoms with Crippen molar-refractivity contribution in [3.05, 3.63) is 100 Å². The van der Waals surface area contributed by atoms with Gasteiger partial charge in [0.2, 0.25) is 17.7 Å². The van der Waals surface area contributed by atoms with Crippen LogP contribution in [0.1, 0.15) is 59.2 Å². The lowest BCUT2D eigenvalue weighted by molar-refractivity contribution is -0.142. The molecule has 4 amide bonds. The summed E-state index contributed by atoms with van der Waals surface area (Å²) in [5.41, 5.74) is 8.71. The van der Waals surface area contributed by atoms with Crippen LogP contribution in [0.4, 0.5) is 10.5 Å². The molecule has 0 aliphatic carbocycles. The number of hydrogen-bond acceptors (Lipinski definition) is 6. The molecule has 3 aromatic rings. The molecule has 236 valence electrons. The number of amides is 4. The van der Waals surface area contributed by atoms with Gasteiger partial charge in [-0.1, -0.05) is 66.2 Å². The molecule has 0 saturated heterocycles. The zero-order chi connectivity index (χ0) is 32.3. The number of carbonyl (C=O) groups excluding carboxylic acids is 5. The number of primary amides is 1. The number of carbonyl (C=O) groups is 5. The van der Waals surface area contributed by atoms with Crippen LogP contribution >= 0.6 is 11.6 Å². The summed E-state index contributed by atoms with van der Waals surface area (Å²) >= 11 is 6.14. The molecule has 10 nitrogen and oxygen atoms in total. The average molecular weight is 633 g/mol. The molecule has 0 spiro atoms. The predicted molar refractivity (Wildman–Crippen MR) is 171 cm³/mol. The fourth-order valence-electron chi connectivity index (χ4n) is 5.26. The van der Waals surface area contributed by atoms with Gasteiger partial charge in [-0.25, -0.2) is 4.79 Å².